The third-order valence-electron chi connectivity index (χ3n) is 3.35. The molecule has 0 bridgehead atoms. The smallest absolute Gasteiger partial charge is 0.251 e. The normalized spacial score (nSPS) is 10.6. The van der Waals surface area contributed by atoms with E-state index in [1.807, 2.05) is 50.2 Å². The number of hydrogen-bond acceptors (Lipinski definition) is 4. The van der Waals surface area contributed by atoms with Crippen molar-refractivity contribution in [2.24, 2.45) is 0 Å². The van der Waals surface area contributed by atoms with Crippen molar-refractivity contribution < 1.29 is 9.21 Å². The van der Waals surface area contributed by atoms with Crippen LogP contribution in [0.3, 0.4) is 0 Å². The van der Waals surface area contributed by atoms with Crippen molar-refractivity contribution in [3.05, 3.63) is 64.4 Å². The third kappa shape index (κ3) is 3.09. The molecule has 1 N–H and O–H groups in total. The lowest BCUT2D eigenvalue weighted by Crippen LogP contribution is -2.22. The second-order valence-corrected chi connectivity index (χ2v) is 6.14. The van der Waals surface area contributed by atoms with E-state index in [1.165, 1.54) is 11.3 Å². The molecule has 4 nitrogen and oxygen atoms in total. The predicted molar refractivity (Wildman–Crippen MR) is 86.9 cm³/mol. The maximum atomic E-state index is 12.1. The zero-order valence-corrected chi connectivity index (χ0v) is 13.2. The van der Waals surface area contributed by atoms with E-state index in [2.05, 4.69) is 10.3 Å². The van der Waals surface area contributed by atoms with Crippen LogP contribution in [0.25, 0.3) is 10.8 Å². The number of aromatic nitrogens is 1. The van der Waals surface area contributed by atoms with Gasteiger partial charge in [-0.25, -0.2) is 4.98 Å². The van der Waals surface area contributed by atoms with Gasteiger partial charge in [-0.1, -0.05) is 17.7 Å². The van der Waals surface area contributed by atoms with Gasteiger partial charge in [0, 0.05) is 10.4 Å². The fourth-order valence-electron chi connectivity index (χ4n) is 2.07. The molecule has 5 heteroatoms. The molecule has 0 saturated carbocycles. The fourth-order valence-corrected chi connectivity index (χ4v) is 3.04. The highest BCUT2D eigenvalue weighted by Crippen LogP contribution is 2.28. The molecule has 0 atom stereocenters. The lowest BCUT2D eigenvalue weighted by molar-refractivity contribution is 0.0951. The molecule has 1 aromatic carbocycles. The minimum Gasteiger partial charge on any atom is -0.462 e. The topological polar surface area (TPSA) is 55.1 Å². The molecule has 2 aromatic heterocycles. The first-order valence-electron chi connectivity index (χ1n) is 6.98. The van der Waals surface area contributed by atoms with Gasteiger partial charge in [0.05, 0.1) is 18.5 Å². The molecule has 0 aliphatic carbocycles. The summed E-state index contributed by atoms with van der Waals surface area (Å²) in [7, 11) is 0. The molecule has 0 saturated heterocycles. The van der Waals surface area contributed by atoms with Crippen molar-refractivity contribution in [3.8, 4) is 10.8 Å². The molecular formula is C17H16N2O2S. The van der Waals surface area contributed by atoms with Crippen molar-refractivity contribution in [1.82, 2.24) is 10.3 Å². The number of amides is 1. The summed E-state index contributed by atoms with van der Waals surface area (Å²) in [6, 6.07) is 11.2. The number of furan rings is 1. The molecule has 22 heavy (non-hydrogen) atoms. The zero-order valence-electron chi connectivity index (χ0n) is 12.4. The second-order valence-electron chi connectivity index (χ2n) is 5.05. The molecule has 3 rings (SSSR count). The quantitative estimate of drug-likeness (QED) is 0.793. The summed E-state index contributed by atoms with van der Waals surface area (Å²) >= 11 is 1.54. The summed E-state index contributed by atoms with van der Waals surface area (Å²) in [5.74, 6) is 0.677. The van der Waals surface area contributed by atoms with Gasteiger partial charge in [0.25, 0.3) is 5.91 Å². The molecule has 0 aliphatic heterocycles. The summed E-state index contributed by atoms with van der Waals surface area (Å²) in [6.45, 7) is 4.41. The van der Waals surface area contributed by atoms with Gasteiger partial charge >= 0.3 is 0 Å². The maximum absolute atomic E-state index is 12.1. The first-order valence-corrected chi connectivity index (χ1v) is 7.80. The lowest BCUT2D eigenvalue weighted by atomic mass is 10.1. The van der Waals surface area contributed by atoms with Crippen molar-refractivity contribution in [3.63, 3.8) is 0 Å². The summed E-state index contributed by atoms with van der Waals surface area (Å²) < 4.78 is 5.35. The van der Waals surface area contributed by atoms with Crippen LogP contribution in [0, 0.1) is 13.8 Å². The van der Waals surface area contributed by atoms with Crippen LogP contribution in [0.1, 0.15) is 26.5 Å². The standard InChI is InChI=1S/C17H16N2O2S/c1-11-5-7-13(8-6-11)16(20)18-10-15-12(2)19-17(22-15)14-4-3-9-21-14/h3-9H,10H2,1-2H3,(H,18,20). The van der Waals surface area contributed by atoms with Crippen LogP contribution in [0.5, 0.6) is 0 Å². The second kappa shape index (κ2) is 6.15. The first kappa shape index (κ1) is 14.5. The number of rotatable bonds is 4. The van der Waals surface area contributed by atoms with E-state index >= 15 is 0 Å². The van der Waals surface area contributed by atoms with Gasteiger partial charge in [-0.15, -0.1) is 11.3 Å². The Morgan fingerprint density at radius 2 is 2.00 bits per heavy atom. The van der Waals surface area contributed by atoms with E-state index in [0.717, 1.165) is 26.9 Å². The minimum atomic E-state index is -0.0765. The van der Waals surface area contributed by atoms with Crippen LogP contribution in [0.2, 0.25) is 0 Å². The Hall–Kier alpha value is -2.40. The Morgan fingerprint density at radius 3 is 2.68 bits per heavy atom. The van der Waals surface area contributed by atoms with Crippen LogP contribution >= 0.6 is 11.3 Å². The molecule has 1 amide bonds. The van der Waals surface area contributed by atoms with Gasteiger partial charge in [-0.3, -0.25) is 4.79 Å². The van der Waals surface area contributed by atoms with Gasteiger partial charge in [0.1, 0.15) is 0 Å². The Balaban J connectivity index is 1.69. The molecule has 0 fully saturated rings. The number of nitrogens with one attached hydrogen (secondary N) is 1. The number of thiazole rings is 1. The van der Waals surface area contributed by atoms with E-state index in [9.17, 15) is 4.79 Å². The van der Waals surface area contributed by atoms with Crippen molar-refractivity contribution in [1.29, 1.82) is 0 Å². The van der Waals surface area contributed by atoms with Crippen LogP contribution in [-0.4, -0.2) is 10.9 Å². The van der Waals surface area contributed by atoms with Crippen molar-refractivity contribution >= 4 is 17.2 Å². The van der Waals surface area contributed by atoms with E-state index in [-0.39, 0.29) is 5.91 Å². The zero-order chi connectivity index (χ0) is 15.5. The van der Waals surface area contributed by atoms with Crippen LogP contribution in [-0.2, 0) is 6.54 Å². The number of carbonyl (C=O) groups is 1. The number of carbonyl (C=O) groups excluding carboxylic acids is 1. The highest BCUT2D eigenvalue weighted by molar-refractivity contribution is 7.15. The van der Waals surface area contributed by atoms with Gasteiger partial charge in [0.2, 0.25) is 0 Å². The number of nitrogens with zero attached hydrogens (tertiary/aromatic N) is 1. The summed E-state index contributed by atoms with van der Waals surface area (Å²) in [6.07, 6.45) is 1.63. The van der Waals surface area contributed by atoms with E-state index in [1.54, 1.807) is 6.26 Å². The molecule has 0 unspecified atom stereocenters. The SMILES string of the molecule is Cc1ccc(C(=O)NCc2sc(-c3ccco3)nc2C)cc1. The number of benzene rings is 1. The van der Waals surface area contributed by atoms with Crippen molar-refractivity contribution in [2.45, 2.75) is 20.4 Å². The molecule has 2 heterocycles. The lowest BCUT2D eigenvalue weighted by Gasteiger charge is -2.04. The summed E-state index contributed by atoms with van der Waals surface area (Å²) in [5.41, 5.74) is 2.72. The summed E-state index contributed by atoms with van der Waals surface area (Å²) in [5, 5.41) is 3.77. The van der Waals surface area contributed by atoms with Gasteiger partial charge in [0.15, 0.2) is 10.8 Å². The highest BCUT2D eigenvalue weighted by Gasteiger charge is 2.12. The monoisotopic (exact) mass is 312 g/mol. The molecule has 3 aromatic rings. The Morgan fingerprint density at radius 1 is 1.23 bits per heavy atom. The molecule has 0 radical (unpaired) electrons. The van der Waals surface area contributed by atoms with Gasteiger partial charge in [-0.05, 0) is 38.1 Å². The maximum Gasteiger partial charge on any atom is 0.251 e. The van der Waals surface area contributed by atoms with E-state index < -0.39 is 0 Å². The molecule has 112 valence electrons. The third-order valence-corrected chi connectivity index (χ3v) is 4.52. The van der Waals surface area contributed by atoms with E-state index in [0.29, 0.717) is 12.1 Å². The average Bonchev–Trinajstić information content (AvgIpc) is 3.15. The highest BCUT2D eigenvalue weighted by atomic mass is 32.1. The molecule has 0 spiro atoms. The largest absolute Gasteiger partial charge is 0.462 e. The fraction of sp³-hybridized carbons (Fsp3) is 0.176. The van der Waals surface area contributed by atoms with Crippen LogP contribution in [0.15, 0.2) is 47.1 Å². The Kier molecular flexibility index (Phi) is 4.06. The summed E-state index contributed by atoms with van der Waals surface area (Å²) in [4.78, 5) is 17.7. The number of aryl methyl sites for hydroxylation is 2. The van der Waals surface area contributed by atoms with Gasteiger partial charge in [-0.2, -0.15) is 0 Å². The molecule has 0 aliphatic rings. The molecular weight excluding hydrogens is 296 g/mol. The Bertz CT molecular complexity index is 774. The Labute approximate surface area is 132 Å². The van der Waals surface area contributed by atoms with Crippen molar-refractivity contribution in [2.75, 3.05) is 0 Å². The van der Waals surface area contributed by atoms with E-state index in [4.69, 9.17) is 4.42 Å². The van der Waals surface area contributed by atoms with Crippen LogP contribution < -0.4 is 5.32 Å². The predicted octanol–water partition coefficient (Wildman–Crippen LogP) is 3.95. The first-order chi connectivity index (χ1) is 10.6. The van der Waals surface area contributed by atoms with Crippen LogP contribution in [0.4, 0.5) is 0 Å². The van der Waals surface area contributed by atoms with Gasteiger partial charge < -0.3 is 9.73 Å². The average molecular weight is 312 g/mol. The minimum absolute atomic E-state index is 0.0765. The number of hydrogen-bond donors (Lipinski definition) is 1.